The van der Waals surface area contributed by atoms with Crippen LogP contribution in [0, 0.1) is 0 Å². The molecule has 0 aromatic heterocycles. The Morgan fingerprint density at radius 3 is 2.63 bits per heavy atom. The van der Waals surface area contributed by atoms with E-state index < -0.39 is 0 Å². The highest BCUT2D eigenvalue weighted by Crippen LogP contribution is 2.43. The highest BCUT2D eigenvalue weighted by atomic mass is 32.2. The maximum Gasteiger partial charge on any atom is 0.258 e. The molecule has 11 heteroatoms. The lowest BCUT2D eigenvalue weighted by Gasteiger charge is -2.26. The van der Waals surface area contributed by atoms with Crippen LogP contribution in [0.15, 0.2) is 70.7 Å². The topological polar surface area (TPSA) is 133 Å². The molecule has 1 saturated heterocycles. The predicted octanol–water partition coefficient (Wildman–Crippen LogP) is 4.10. The Bertz CT molecular complexity index is 1560. The molecule has 3 heterocycles. The van der Waals surface area contributed by atoms with Gasteiger partial charge in [0, 0.05) is 65.7 Å². The van der Waals surface area contributed by atoms with E-state index in [0.29, 0.717) is 22.5 Å². The van der Waals surface area contributed by atoms with Crippen LogP contribution in [0.25, 0.3) is 5.57 Å². The van der Waals surface area contributed by atoms with E-state index in [-0.39, 0.29) is 22.7 Å². The third-order valence-electron chi connectivity index (χ3n) is 7.37. The summed E-state index contributed by atoms with van der Waals surface area (Å²) in [6.45, 7) is 7.23. The molecule has 41 heavy (non-hydrogen) atoms. The van der Waals surface area contributed by atoms with Gasteiger partial charge in [-0.3, -0.25) is 19.2 Å². The fraction of sp³-hybridized carbons (Fsp3) is 0.267. The number of allylic oxidation sites excluding steroid dienone is 1. The van der Waals surface area contributed by atoms with Crippen LogP contribution < -0.4 is 26.4 Å². The molecule has 0 saturated carbocycles. The molecule has 2 amide bonds. The van der Waals surface area contributed by atoms with Crippen molar-refractivity contribution in [1.29, 1.82) is 0 Å². The van der Waals surface area contributed by atoms with Crippen LogP contribution in [0.3, 0.4) is 0 Å². The molecule has 1 unspecified atom stereocenters. The summed E-state index contributed by atoms with van der Waals surface area (Å²) in [5.41, 5.74) is 13.4. The molecule has 3 aliphatic rings. The van der Waals surface area contributed by atoms with Crippen LogP contribution in [0.5, 0.6) is 0 Å². The summed E-state index contributed by atoms with van der Waals surface area (Å²) in [5.74, 6) is 0.368. The van der Waals surface area contributed by atoms with Gasteiger partial charge in [0.15, 0.2) is 0 Å². The summed E-state index contributed by atoms with van der Waals surface area (Å²) >= 11 is 0. The quantitative estimate of drug-likeness (QED) is 0.203. The van der Waals surface area contributed by atoms with Crippen LogP contribution >= 0.6 is 0 Å². The van der Waals surface area contributed by atoms with Crippen LogP contribution in [0.1, 0.15) is 28.4 Å². The Hall–Kier alpha value is -4.03. The van der Waals surface area contributed by atoms with Gasteiger partial charge in [0.25, 0.3) is 11.8 Å². The number of morpholine rings is 1. The van der Waals surface area contributed by atoms with Gasteiger partial charge in [0.2, 0.25) is 0 Å². The van der Waals surface area contributed by atoms with Crippen molar-refractivity contribution in [2.24, 2.45) is 4.36 Å². The molecule has 0 radical (unpaired) electrons. The average molecular weight is 572 g/mol. The van der Waals surface area contributed by atoms with E-state index in [1.807, 2.05) is 43.3 Å². The summed E-state index contributed by atoms with van der Waals surface area (Å²) in [6.07, 6.45) is 0. The van der Waals surface area contributed by atoms with Crippen molar-refractivity contribution >= 4 is 56.7 Å². The normalized spacial score (nSPS) is 19.1. The third-order valence-corrected chi connectivity index (χ3v) is 8.88. The lowest BCUT2D eigenvalue weighted by molar-refractivity contribution is -0.110. The molecule has 0 aliphatic carbocycles. The largest absolute Gasteiger partial charge is 0.397 e. The van der Waals surface area contributed by atoms with Crippen molar-refractivity contribution < 1.29 is 14.3 Å². The lowest BCUT2D eigenvalue weighted by atomic mass is 9.98. The van der Waals surface area contributed by atoms with Gasteiger partial charge in [-0.2, -0.15) is 0 Å². The van der Waals surface area contributed by atoms with Crippen LogP contribution in [0.2, 0.25) is 0 Å². The number of nitrogens with one attached hydrogen (secondary N) is 4. The fourth-order valence-corrected chi connectivity index (χ4v) is 6.75. The first-order valence-electron chi connectivity index (χ1n) is 13.6. The molecule has 1 fully saturated rings. The van der Waals surface area contributed by atoms with E-state index >= 15 is 0 Å². The second-order valence-corrected chi connectivity index (χ2v) is 11.6. The first kappa shape index (κ1) is 27.2. The molecule has 3 aliphatic heterocycles. The number of rotatable bonds is 8. The van der Waals surface area contributed by atoms with Gasteiger partial charge in [0.05, 0.1) is 35.8 Å². The first-order chi connectivity index (χ1) is 20.0. The Labute approximate surface area is 241 Å². The number of fused-ring (bicyclic) bond motifs is 3. The number of nitrogen functional groups attached to an aromatic ring is 1. The van der Waals surface area contributed by atoms with Gasteiger partial charge in [-0.1, -0.05) is 12.1 Å². The van der Waals surface area contributed by atoms with Crippen molar-refractivity contribution in [2.75, 3.05) is 61.1 Å². The molecule has 3 aromatic carbocycles. The molecule has 10 nitrogen and oxygen atoms in total. The average Bonchev–Trinajstić information content (AvgIpc) is 3.55. The molecule has 6 rings (SSSR count). The Morgan fingerprint density at radius 1 is 1.07 bits per heavy atom. The highest BCUT2D eigenvalue weighted by Gasteiger charge is 2.32. The van der Waals surface area contributed by atoms with Crippen molar-refractivity contribution in [3.05, 3.63) is 83.1 Å². The van der Waals surface area contributed by atoms with E-state index in [0.717, 1.165) is 79.0 Å². The van der Waals surface area contributed by atoms with Crippen LogP contribution in [-0.4, -0.2) is 56.1 Å². The summed E-state index contributed by atoms with van der Waals surface area (Å²) in [6, 6.07) is 18.2. The second kappa shape index (κ2) is 11.8. The highest BCUT2D eigenvalue weighted by molar-refractivity contribution is 7.85. The first-order valence-corrected chi connectivity index (χ1v) is 15.0. The minimum absolute atomic E-state index is 0.137. The van der Waals surface area contributed by atoms with Crippen molar-refractivity contribution in [3.63, 3.8) is 0 Å². The number of carbonyl (C=O) groups is 2. The Morgan fingerprint density at radius 2 is 1.85 bits per heavy atom. The lowest BCUT2D eigenvalue weighted by Crippen LogP contribution is -2.40. The van der Waals surface area contributed by atoms with Crippen molar-refractivity contribution in [3.8, 4) is 0 Å². The van der Waals surface area contributed by atoms with E-state index in [2.05, 4.69) is 25.6 Å². The summed E-state index contributed by atoms with van der Waals surface area (Å²) in [7, 11) is -0.332. The summed E-state index contributed by atoms with van der Waals surface area (Å²) in [5, 5.41) is 9.22. The number of benzene rings is 3. The second-order valence-electron chi connectivity index (χ2n) is 10.1. The fourth-order valence-electron chi connectivity index (χ4n) is 5.22. The zero-order chi connectivity index (χ0) is 28.3. The van der Waals surface area contributed by atoms with Gasteiger partial charge in [0.1, 0.15) is 0 Å². The van der Waals surface area contributed by atoms with Crippen molar-refractivity contribution in [1.82, 2.24) is 9.62 Å². The third kappa shape index (κ3) is 5.89. The molecular weight excluding hydrogens is 538 g/mol. The molecule has 212 valence electrons. The zero-order valence-corrected chi connectivity index (χ0v) is 23.6. The number of carbonyl (C=O) groups excluding carboxylic acids is 2. The number of hydrogen-bond donors (Lipinski definition) is 5. The van der Waals surface area contributed by atoms with E-state index in [4.69, 9.17) is 14.8 Å². The predicted molar refractivity (Wildman–Crippen MR) is 165 cm³/mol. The minimum atomic E-state index is -0.332. The number of hydrogen-bond acceptors (Lipinski definition) is 8. The minimum Gasteiger partial charge on any atom is -0.397 e. The SMILES string of the molecule is C/C(Nc1ccc(C(=O)Nc2ccccc2N)cc1)=C1/C(=O)Nc2ccc3c(c21)CS(NCCN1CCOCC1)=N3. The van der Waals surface area contributed by atoms with Gasteiger partial charge in [-0.25, -0.2) is 4.36 Å². The van der Waals surface area contributed by atoms with Crippen molar-refractivity contribution in [2.45, 2.75) is 12.7 Å². The Balaban J connectivity index is 1.14. The molecule has 6 N–H and O–H groups in total. The number of ether oxygens (including phenoxy) is 1. The maximum atomic E-state index is 13.1. The zero-order valence-electron chi connectivity index (χ0n) is 22.8. The summed E-state index contributed by atoms with van der Waals surface area (Å²) in [4.78, 5) is 28.2. The number of para-hydroxylation sites is 2. The van der Waals surface area contributed by atoms with Gasteiger partial charge >= 0.3 is 0 Å². The molecule has 3 aromatic rings. The molecule has 1 atom stereocenters. The van der Waals surface area contributed by atoms with Crippen LogP contribution in [-0.2, 0) is 26.2 Å². The summed E-state index contributed by atoms with van der Waals surface area (Å²) < 4.78 is 14.0. The number of anilines is 4. The molecule has 0 bridgehead atoms. The molecular formula is C30H33N7O3S. The number of nitrogens with zero attached hydrogens (tertiary/aromatic N) is 2. The van der Waals surface area contributed by atoms with Gasteiger partial charge < -0.3 is 26.4 Å². The maximum absolute atomic E-state index is 13.1. The van der Waals surface area contributed by atoms with Gasteiger partial charge in [-0.05, 0) is 66.3 Å². The number of nitrogens with two attached hydrogens (primary N) is 1. The standard InChI is InChI=1S/C30H33N7O3S/c1-19(33-21-8-6-20(7-9-21)29(38)34-25-5-3-2-4-23(25)31)27-28-22-18-41(32-12-13-37-14-16-40-17-15-37)36-24(22)10-11-26(28)35-30(27)39/h2-11,33H,12-18,31H2,1H3,(H,32,36)(H,34,38)(H,35,39)/b27-19-. The van der Waals surface area contributed by atoms with E-state index in [9.17, 15) is 9.59 Å². The number of amides is 2. The molecule has 0 spiro atoms. The smallest absolute Gasteiger partial charge is 0.258 e. The van der Waals surface area contributed by atoms with E-state index in [1.165, 1.54) is 0 Å². The monoisotopic (exact) mass is 571 g/mol. The van der Waals surface area contributed by atoms with E-state index in [1.54, 1.807) is 24.3 Å². The van der Waals surface area contributed by atoms with Crippen LogP contribution in [0.4, 0.5) is 28.4 Å². The Kier molecular flexibility index (Phi) is 7.84. The van der Waals surface area contributed by atoms with Gasteiger partial charge in [-0.15, -0.1) is 0 Å².